The Bertz CT molecular complexity index is 306. The molecule has 0 aliphatic heterocycles. The Morgan fingerprint density at radius 3 is 2.87 bits per heavy atom. The van der Waals surface area contributed by atoms with Gasteiger partial charge >= 0.3 is 0 Å². The van der Waals surface area contributed by atoms with Gasteiger partial charge in [0, 0.05) is 24.0 Å². The lowest BCUT2D eigenvalue weighted by Crippen LogP contribution is -2.19. The quantitative estimate of drug-likeness (QED) is 0.894. The first kappa shape index (κ1) is 12.6. The molecule has 4 heteroatoms. The molecule has 3 nitrogen and oxygen atoms in total. The molecule has 0 aliphatic carbocycles. The van der Waals surface area contributed by atoms with Gasteiger partial charge in [-0.1, -0.05) is 0 Å². The summed E-state index contributed by atoms with van der Waals surface area (Å²) in [5.74, 6) is 0. The van der Waals surface area contributed by atoms with E-state index in [2.05, 4.69) is 20.9 Å². The predicted octanol–water partition coefficient (Wildman–Crippen LogP) is 2.17. The fraction of sp³-hybridized carbons (Fsp3) is 0.545. The summed E-state index contributed by atoms with van der Waals surface area (Å²) in [4.78, 5) is 4.05. The summed E-state index contributed by atoms with van der Waals surface area (Å²) in [5, 5.41) is 9.77. The number of rotatable bonds is 5. The van der Waals surface area contributed by atoms with Crippen LogP contribution >= 0.6 is 15.9 Å². The summed E-state index contributed by atoms with van der Waals surface area (Å²) in [6.07, 6.45) is 4.46. The van der Waals surface area contributed by atoms with Gasteiger partial charge in [-0.2, -0.15) is 0 Å². The summed E-state index contributed by atoms with van der Waals surface area (Å²) in [6.45, 7) is 1.95. The second kappa shape index (κ2) is 6.20. The predicted molar refractivity (Wildman–Crippen MR) is 62.7 cm³/mol. The summed E-state index contributed by atoms with van der Waals surface area (Å²) in [5.41, 5.74) is 1.03. The van der Waals surface area contributed by atoms with Gasteiger partial charge < -0.3 is 9.84 Å². The molecule has 0 saturated carbocycles. The number of pyridine rings is 1. The van der Waals surface area contributed by atoms with Crippen LogP contribution in [0.3, 0.4) is 0 Å². The van der Waals surface area contributed by atoms with Gasteiger partial charge in [-0.3, -0.25) is 4.98 Å². The molecule has 1 aromatic heterocycles. The van der Waals surface area contributed by atoms with Crippen LogP contribution in [0.15, 0.2) is 22.9 Å². The summed E-state index contributed by atoms with van der Waals surface area (Å²) < 4.78 is 6.03. The van der Waals surface area contributed by atoms with Crippen molar-refractivity contribution in [1.82, 2.24) is 4.98 Å². The highest BCUT2D eigenvalue weighted by molar-refractivity contribution is 9.10. The molecule has 2 atom stereocenters. The van der Waals surface area contributed by atoms with Crippen LogP contribution in [0.1, 0.15) is 18.9 Å². The van der Waals surface area contributed by atoms with Gasteiger partial charge in [0.2, 0.25) is 0 Å². The van der Waals surface area contributed by atoms with Gasteiger partial charge in [0.05, 0.1) is 12.2 Å². The van der Waals surface area contributed by atoms with E-state index in [9.17, 15) is 5.11 Å². The Balaban J connectivity index is 2.47. The first-order valence-corrected chi connectivity index (χ1v) is 5.71. The Morgan fingerprint density at radius 2 is 2.27 bits per heavy atom. The van der Waals surface area contributed by atoms with E-state index in [1.54, 1.807) is 19.5 Å². The van der Waals surface area contributed by atoms with Crippen LogP contribution < -0.4 is 0 Å². The minimum Gasteiger partial charge on any atom is -0.393 e. The average molecular weight is 274 g/mol. The molecular weight excluding hydrogens is 258 g/mol. The molecule has 1 aromatic rings. The number of nitrogens with zero attached hydrogens (tertiary/aromatic N) is 1. The number of ether oxygens (including phenoxy) is 1. The van der Waals surface area contributed by atoms with Crippen molar-refractivity contribution in [3.63, 3.8) is 0 Å². The van der Waals surface area contributed by atoms with E-state index in [0.29, 0.717) is 12.8 Å². The van der Waals surface area contributed by atoms with E-state index in [1.165, 1.54) is 0 Å². The van der Waals surface area contributed by atoms with Crippen molar-refractivity contribution in [3.8, 4) is 0 Å². The van der Waals surface area contributed by atoms with Gasteiger partial charge in [0.1, 0.15) is 0 Å². The lowest BCUT2D eigenvalue weighted by molar-refractivity contribution is 0.0565. The van der Waals surface area contributed by atoms with E-state index in [-0.39, 0.29) is 12.2 Å². The minimum atomic E-state index is -0.379. The molecular formula is C11H16BrNO2. The maximum Gasteiger partial charge on any atom is 0.0605 e. The Kier molecular flexibility index (Phi) is 5.22. The van der Waals surface area contributed by atoms with Crippen LogP contribution in [-0.2, 0) is 11.2 Å². The molecule has 0 aliphatic rings. The highest BCUT2D eigenvalue weighted by Gasteiger charge is 2.10. The maximum absolute atomic E-state index is 9.77. The van der Waals surface area contributed by atoms with E-state index < -0.39 is 0 Å². The molecule has 15 heavy (non-hydrogen) atoms. The molecule has 0 fully saturated rings. The summed E-state index contributed by atoms with van der Waals surface area (Å²) in [6, 6.07) is 1.97. The molecule has 0 aromatic carbocycles. The number of hydrogen-bond donors (Lipinski definition) is 1. The summed E-state index contributed by atoms with van der Waals surface area (Å²) >= 11 is 3.35. The monoisotopic (exact) mass is 273 g/mol. The SMILES string of the molecule is COC(C)CC(O)Cc1cncc(Br)c1. The number of aliphatic hydroxyl groups excluding tert-OH is 1. The molecule has 0 radical (unpaired) electrons. The molecule has 0 spiro atoms. The van der Waals surface area contributed by atoms with Crippen molar-refractivity contribution in [3.05, 3.63) is 28.5 Å². The first-order valence-electron chi connectivity index (χ1n) is 4.92. The van der Waals surface area contributed by atoms with Crippen molar-refractivity contribution < 1.29 is 9.84 Å². The summed E-state index contributed by atoms with van der Waals surface area (Å²) in [7, 11) is 1.65. The zero-order valence-corrected chi connectivity index (χ0v) is 10.6. The number of methoxy groups -OCH3 is 1. The smallest absolute Gasteiger partial charge is 0.0605 e. The standard InChI is InChI=1S/C11H16BrNO2/c1-8(15-2)3-11(14)5-9-4-10(12)7-13-6-9/h4,6-8,11,14H,3,5H2,1-2H3. The van der Waals surface area contributed by atoms with Crippen molar-refractivity contribution in [2.45, 2.75) is 32.0 Å². The second-order valence-corrected chi connectivity index (χ2v) is 4.57. The number of aliphatic hydroxyl groups is 1. The van der Waals surface area contributed by atoms with Crippen LogP contribution in [0, 0.1) is 0 Å². The lowest BCUT2D eigenvalue weighted by atomic mass is 10.1. The molecule has 0 amide bonds. The van der Waals surface area contributed by atoms with E-state index in [1.807, 2.05) is 13.0 Å². The van der Waals surface area contributed by atoms with Gasteiger partial charge in [-0.15, -0.1) is 0 Å². The molecule has 0 saturated heterocycles. The molecule has 0 bridgehead atoms. The minimum absolute atomic E-state index is 0.0834. The fourth-order valence-corrected chi connectivity index (χ4v) is 1.81. The third kappa shape index (κ3) is 4.73. The third-order valence-corrected chi connectivity index (χ3v) is 2.67. The Hall–Kier alpha value is -0.450. The normalized spacial score (nSPS) is 14.9. The van der Waals surface area contributed by atoms with Crippen molar-refractivity contribution in [2.75, 3.05) is 7.11 Å². The zero-order valence-electron chi connectivity index (χ0n) is 8.98. The number of aromatic nitrogens is 1. The van der Waals surface area contributed by atoms with Crippen LogP contribution in [0.5, 0.6) is 0 Å². The Labute approximate surface area is 98.6 Å². The van der Waals surface area contributed by atoms with Crippen LogP contribution in [0.4, 0.5) is 0 Å². The fourth-order valence-electron chi connectivity index (χ4n) is 1.40. The lowest BCUT2D eigenvalue weighted by Gasteiger charge is -2.15. The van der Waals surface area contributed by atoms with Crippen molar-refractivity contribution >= 4 is 15.9 Å². The largest absolute Gasteiger partial charge is 0.393 e. The molecule has 1 heterocycles. The van der Waals surface area contributed by atoms with Gasteiger partial charge in [-0.05, 0) is 47.3 Å². The molecule has 2 unspecified atom stereocenters. The molecule has 1 rings (SSSR count). The van der Waals surface area contributed by atoms with Gasteiger partial charge in [0.25, 0.3) is 0 Å². The molecule has 84 valence electrons. The first-order chi connectivity index (χ1) is 7.11. The van der Waals surface area contributed by atoms with E-state index in [0.717, 1.165) is 10.0 Å². The van der Waals surface area contributed by atoms with Gasteiger partial charge in [-0.25, -0.2) is 0 Å². The Morgan fingerprint density at radius 1 is 1.53 bits per heavy atom. The highest BCUT2D eigenvalue weighted by Crippen LogP contribution is 2.13. The second-order valence-electron chi connectivity index (χ2n) is 3.65. The van der Waals surface area contributed by atoms with E-state index in [4.69, 9.17) is 4.74 Å². The van der Waals surface area contributed by atoms with Crippen molar-refractivity contribution in [1.29, 1.82) is 0 Å². The van der Waals surface area contributed by atoms with Crippen LogP contribution in [0.25, 0.3) is 0 Å². The molecule has 1 N–H and O–H groups in total. The topological polar surface area (TPSA) is 42.4 Å². The average Bonchev–Trinajstić information content (AvgIpc) is 2.17. The van der Waals surface area contributed by atoms with Crippen molar-refractivity contribution in [2.24, 2.45) is 0 Å². The number of halogens is 1. The third-order valence-electron chi connectivity index (χ3n) is 2.24. The van der Waals surface area contributed by atoms with Gasteiger partial charge in [0.15, 0.2) is 0 Å². The zero-order chi connectivity index (χ0) is 11.3. The van der Waals surface area contributed by atoms with Crippen LogP contribution in [-0.4, -0.2) is 29.4 Å². The highest BCUT2D eigenvalue weighted by atomic mass is 79.9. The van der Waals surface area contributed by atoms with Crippen LogP contribution in [0.2, 0.25) is 0 Å². The number of hydrogen-bond acceptors (Lipinski definition) is 3. The maximum atomic E-state index is 9.77. The van der Waals surface area contributed by atoms with E-state index >= 15 is 0 Å².